The number of thioether (sulfide) groups is 1. The number of morpholine rings is 1. The summed E-state index contributed by atoms with van der Waals surface area (Å²) in [7, 11) is 0. The van der Waals surface area contributed by atoms with Gasteiger partial charge in [-0.15, -0.1) is 10.2 Å². The molecule has 1 aliphatic heterocycles. The highest BCUT2D eigenvalue weighted by Gasteiger charge is 2.13. The SMILES string of the molecule is O=C(CSc1ccc(N2CCOCC2)nn1)Nc1ccc(Cl)cc1. The number of carbonyl (C=O) groups is 1. The number of nitrogens with one attached hydrogen (secondary N) is 1. The summed E-state index contributed by atoms with van der Waals surface area (Å²) in [5, 5.41) is 12.6. The first-order valence-corrected chi connectivity index (χ1v) is 8.92. The predicted octanol–water partition coefficient (Wildman–Crippen LogP) is 2.70. The van der Waals surface area contributed by atoms with Crippen molar-refractivity contribution in [3.05, 3.63) is 41.4 Å². The smallest absolute Gasteiger partial charge is 0.234 e. The van der Waals surface area contributed by atoms with Crippen molar-refractivity contribution in [2.24, 2.45) is 0 Å². The number of halogens is 1. The van der Waals surface area contributed by atoms with Crippen LogP contribution in [0.25, 0.3) is 0 Å². The number of aromatic nitrogens is 2. The zero-order chi connectivity index (χ0) is 16.8. The van der Waals surface area contributed by atoms with Gasteiger partial charge in [-0.2, -0.15) is 0 Å². The lowest BCUT2D eigenvalue weighted by atomic mass is 10.3. The van der Waals surface area contributed by atoms with Gasteiger partial charge in [0.25, 0.3) is 0 Å². The van der Waals surface area contributed by atoms with Crippen molar-refractivity contribution in [3.8, 4) is 0 Å². The van der Waals surface area contributed by atoms with E-state index in [0.717, 1.165) is 29.6 Å². The van der Waals surface area contributed by atoms with Gasteiger partial charge < -0.3 is 15.0 Å². The number of benzene rings is 1. The molecule has 1 amide bonds. The second kappa shape index (κ2) is 8.32. The van der Waals surface area contributed by atoms with Crippen LogP contribution in [0.1, 0.15) is 0 Å². The van der Waals surface area contributed by atoms with E-state index in [1.165, 1.54) is 11.8 Å². The summed E-state index contributed by atoms with van der Waals surface area (Å²) in [6, 6.07) is 10.8. The molecule has 1 aliphatic rings. The molecule has 0 bridgehead atoms. The van der Waals surface area contributed by atoms with E-state index in [0.29, 0.717) is 18.2 Å². The standard InChI is InChI=1S/C16H17ClN4O2S/c17-12-1-3-13(4-2-12)18-15(22)11-24-16-6-5-14(19-20-16)21-7-9-23-10-8-21/h1-6H,7-11H2,(H,18,22). The lowest BCUT2D eigenvalue weighted by Crippen LogP contribution is -2.36. The monoisotopic (exact) mass is 364 g/mol. The molecule has 2 heterocycles. The highest BCUT2D eigenvalue weighted by Crippen LogP contribution is 2.19. The van der Waals surface area contributed by atoms with Gasteiger partial charge in [-0.25, -0.2) is 0 Å². The zero-order valence-electron chi connectivity index (χ0n) is 12.9. The van der Waals surface area contributed by atoms with E-state index in [1.807, 2.05) is 12.1 Å². The molecule has 1 aromatic heterocycles. The highest BCUT2D eigenvalue weighted by molar-refractivity contribution is 7.99. The van der Waals surface area contributed by atoms with Crippen LogP contribution in [0.15, 0.2) is 41.4 Å². The molecule has 0 atom stereocenters. The number of hydrogen-bond donors (Lipinski definition) is 1. The molecule has 8 heteroatoms. The second-order valence-electron chi connectivity index (χ2n) is 5.17. The third-order valence-electron chi connectivity index (χ3n) is 3.44. The van der Waals surface area contributed by atoms with Crippen LogP contribution in [0, 0.1) is 0 Å². The van der Waals surface area contributed by atoms with E-state index >= 15 is 0 Å². The molecule has 3 rings (SSSR count). The van der Waals surface area contributed by atoms with E-state index in [1.54, 1.807) is 24.3 Å². The van der Waals surface area contributed by atoms with Crippen molar-refractivity contribution in [1.29, 1.82) is 0 Å². The van der Waals surface area contributed by atoms with Crippen LogP contribution in [-0.4, -0.2) is 48.2 Å². The summed E-state index contributed by atoms with van der Waals surface area (Å²) in [5.41, 5.74) is 0.721. The number of ether oxygens (including phenoxy) is 1. The van der Waals surface area contributed by atoms with Gasteiger partial charge in [0, 0.05) is 23.8 Å². The largest absolute Gasteiger partial charge is 0.378 e. The van der Waals surface area contributed by atoms with Crippen molar-refractivity contribution in [2.45, 2.75) is 5.03 Å². The van der Waals surface area contributed by atoms with Crippen LogP contribution >= 0.6 is 23.4 Å². The van der Waals surface area contributed by atoms with Crippen LogP contribution in [0.4, 0.5) is 11.5 Å². The molecule has 0 aliphatic carbocycles. The Labute approximate surface area is 149 Å². The third kappa shape index (κ3) is 4.83. The summed E-state index contributed by atoms with van der Waals surface area (Å²) >= 11 is 7.17. The molecule has 0 spiro atoms. The maximum Gasteiger partial charge on any atom is 0.234 e. The zero-order valence-corrected chi connectivity index (χ0v) is 14.5. The van der Waals surface area contributed by atoms with Gasteiger partial charge >= 0.3 is 0 Å². The number of carbonyl (C=O) groups excluding carboxylic acids is 1. The summed E-state index contributed by atoms with van der Waals surface area (Å²) in [5.74, 6) is 1.02. The molecule has 2 aromatic rings. The van der Waals surface area contributed by atoms with Crippen LogP contribution < -0.4 is 10.2 Å². The van der Waals surface area contributed by atoms with Gasteiger partial charge in [-0.05, 0) is 36.4 Å². The molecule has 6 nitrogen and oxygen atoms in total. The molecule has 1 N–H and O–H groups in total. The Balaban J connectivity index is 1.49. The molecule has 126 valence electrons. The number of amides is 1. The quantitative estimate of drug-likeness (QED) is 0.823. The Morgan fingerprint density at radius 3 is 2.58 bits per heavy atom. The normalized spacial score (nSPS) is 14.5. The molecule has 1 aromatic carbocycles. The second-order valence-corrected chi connectivity index (χ2v) is 6.60. The maximum absolute atomic E-state index is 11.9. The third-order valence-corrected chi connectivity index (χ3v) is 4.61. The minimum atomic E-state index is -0.0959. The Morgan fingerprint density at radius 2 is 1.92 bits per heavy atom. The lowest BCUT2D eigenvalue weighted by molar-refractivity contribution is -0.113. The summed E-state index contributed by atoms with van der Waals surface area (Å²) in [6.07, 6.45) is 0. The summed E-state index contributed by atoms with van der Waals surface area (Å²) in [4.78, 5) is 14.1. The van der Waals surface area contributed by atoms with Crippen LogP contribution in [0.3, 0.4) is 0 Å². The molecule has 24 heavy (non-hydrogen) atoms. The van der Waals surface area contributed by atoms with E-state index in [9.17, 15) is 4.79 Å². The van der Waals surface area contributed by atoms with Gasteiger partial charge in [0.2, 0.25) is 5.91 Å². The minimum Gasteiger partial charge on any atom is -0.378 e. The van der Waals surface area contributed by atoms with Crippen molar-refractivity contribution in [2.75, 3.05) is 42.3 Å². The number of anilines is 2. The molecular formula is C16H17ClN4O2S. The summed E-state index contributed by atoms with van der Waals surface area (Å²) in [6.45, 7) is 3.07. The minimum absolute atomic E-state index is 0.0959. The first-order valence-electron chi connectivity index (χ1n) is 7.55. The fourth-order valence-corrected chi connectivity index (χ4v) is 2.96. The fraction of sp³-hybridized carbons (Fsp3) is 0.312. The van der Waals surface area contributed by atoms with E-state index in [-0.39, 0.29) is 11.7 Å². The van der Waals surface area contributed by atoms with E-state index in [2.05, 4.69) is 20.4 Å². The van der Waals surface area contributed by atoms with Crippen LogP contribution in [0.2, 0.25) is 5.02 Å². The number of nitrogens with zero attached hydrogens (tertiary/aromatic N) is 3. The molecule has 0 radical (unpaired) electrons. The van der Waals surface area contributed by atoms with E-state index < -0.39 is 0 Å². The lowest BCUT2D eigenvalue weighted by Gasteiger charge is -2.27. The molecule has 0 saturated carbocycles. The highest BCUT2D eigenvalue weighted by atomic mass is 35.5. The van der Waals surface area contributed by atoms with Gasteiger partial charge in [0.15, 0.2) is 5.82 Å². The molecule has 1 saturated heterocycles. The van der Waals surface area contributed by atoms with Gasteiger partial charge in [0.05, 0.1) is 19.0 Å². The predicted molar refractivity (Wildman–Crippen MR) is 95.9 cm³/mol. The molecule has 1 fully saturated rings. The first-order chi connectivity index (χ1) is 11.7. The topological polar surface area (TPSA) is 67.4 Å². The Morgan fingerprint density at radius 1 is 1.17 bits per heavy atom. The van der Waals surface area contributed by atoms with Crippen LogP contribution in [0.5, 0.6) is 0 Å². The van der Waals surface area contributed by atoms with Crippen molar-refractivity contribution < 1.29 is 9.53 Å². The van der Waals surface area contributed by atoms with Gasteiger partial charge in [0.1, 0.15) is 5.03 Å². The molecular weight excluding hydrogens is 348 g/mol. The van der Waals surface area contributed by atoms with Crippen molar-refractivity contribution in [1.82, 2.24) is 10.2 Å². The van der Waals surface area contributed by atoms with Gasteiger partial charge in [-0.1, -0.05) is 23.4 Å². The fourth-order valence-electron chi connectivity index (χ4n) is 2.22. The van der Waals surface area contributed by atoms with Crippen LogP contribution in [-0.2, 0) is 9.53 Å². The van der Waals surface area contributed by atoms with Crippen molar-refractivity contribution >= 4 is 40.8 Å². The first kappa shape index (κ1) is 17.0. The average Bonchev–Trinajstić information content (AvgIpc) is 2.63. The van der Waals surface area contributed by atoms with Gasteiger partial charge in [-0.3, -0.25) is 4.79 Å². The number of rotatable bonds is 5. The summed E-state index contributed by atoms with van der Waals surface area (Å²) < 4.78 is 5.32. The Kier molecular flexibility index (Phi) is 5.90. The maximum atomic E-state index is 11.9. The van der Waals surface area contributed by atoms with Crippen molar-refractivity contribution in [3.63, 3.8) is 0 Å². The Hall–Kier alpha value is -1.83. The Bertz CT molecular complexity index is 675. The molecule has 0 unspecified atom stereocenters. The number of hydrogen-bond acceptors (Lipinski definition) is 6. The average molecular weight is 365 g/mol. The van der Waals surface area contributed by atoms with E-state index in [4.69, 9.17) is 16.3 Å².